The maximum absolute atomic E-state index is 6.32. The molecular weight excluding hydrogens is 281 g/mol. The van der Waals surface area contributed by atoms with Gasteiger partial charge in [0.05, 0.1) is 10.0 Å². The molecule has 2 atom stereocenters. The first kappa shape index (κ1) is 13.3. The zero-order chi connectivity index (χ0) is 13.4. The van der Waals surface area contributed by atoms with Crippen molar-refractivity contribution in [3.05, 3.63) is 16.1 Å². The molecule has 3 nitrogen and oxygen atoms in total. The second kappa shape index (κ2) is 5.37. The van der Waals surface area contributed by atoms with E-state index in [2.05, 4.69) is 9.88 Å². The first-order chi connectivity index (χ1) is 9.16. The minimum absolute atomic E-state index is 0.374. The Labute approximate surface area is 124 Å². The lowest BCUT2D eigenvalue weighted by molar-refractivity contribution is 0.243. The van der Waals surface area contributed by atoms with Gasteiger partial charge in [-0.05, 0) is 37.7 Å². The number of anilines is 2. The molecule has 2 fully saturated rings. The lowest BCUT2D eigenvalue weighted by Gasteiger charge is -2.45. The number of hydrogen-bond donors (Lipinski definition) is 1. The van der Waals surface area contributed by atoms with E-state index in [9.17, 15) is 0 Å². The number of nitrogens with zero attached hydrogens (tertiary/aromatic N) is 2. The topological polar surface area (TPSA) is 42.1 Å². The van der Waals surface area contributed by atoms with Gasteiger partial charge in [0, 0.05) is 12.6 Å². The van der Waals surface area contributed by atoms with Crippen LogP contribution in [0.25, 0.3) is 0 Å². The highest BCUT2D eigenvalue weighted by Gasteiger charge is 2.34. The minimum Gasteiger partial charge on any atom is -0.382 e. The molecule has 2 N–H and O–H groups in total. The Kier molecular flexibility index (Phi) is 3.77. The summed E-state index contributed by atoms with van der Waals surface area (Å²) < 4.78 is 0. The molecule has 0 radical (unpaired) electrons. The third-order valence-corrected chi connectivity index (χ3v) is 5.03. The molecule has 1 aromatic rings. The van der Waals surface area contributed by atoms with Crippen LogP contribution in [-0.4, -0.2) is 17.6 Å². The number of nitrogen functional groups attached to an aromatic ring is 1. The fourth-order valence-corrected chi connectivity index (χ4v) is 4.03. The van der Waals surface area contributed by atoms with Gasteiger partial charge in [-0.15, -0.1) is 0 Å². The van der Waals surface area contributed by atoms with Crippen molar-refractivity contribution >= 4 is 34.8 Å². The molecule has 2 heterocycles. The van der Waals surface area contributed by atoms with Crippen LogP contribution < -0.4 is 10.6 Å². The molecule has 0 aromatic carbocycles. The van der Waals surface area contributed by atoms with E-state index in [1.165, 1.54) is 38.5 Å². The maximum atomic E-state index is 6.32. The summed E-state index contributed by atoms with van der Waals surface area (Å²) in [5.41, 5.74) is 5.84. The van der Waals surface area contributed by atoms with Crippen LogP contribution in [0, 0.1) is 5.92 Å². The first-order valence-corrected chi connectivity index (χ1v) is 7.80. The Morgan fingerprint density at radius 1 is 1.11 bits per heavy atom. The van der Waals surface area contributed by atoms with Crippen molar-refractivity contribution in [2.75, 3.05) is 17.2 Å². The van der Waals surface area contributed by atoms with Crippen LogP contribution in [-0.2, 0) is 0 Å². The Morgan fingerprint density at radius 3 is 2.68 bits per heavy atom. The number of fused-ring (bicyclic) bond motifs is 1. The predicted octanol–water partition coefficient (Wildman–Crippen LogP) is 4.13. The standard InChI is InChI=1S/C14H19Cl2N3/c15-10-8-11(16)14(18-13(10)17)19-7-3-5-9-4-1-2-6-12(9)19/h8-9,12H,1-7H2,(H2,17,18). The van der Waals surface area contributed by atoms with Crippen molar-refractivity contribution < 1.29 is 0 Å². The summed E-state index contributed by atoms with van der Waals surface area (Å²) in [4.78, 5) is 6.79. The molecular formula is C14H19Cl2N3. The summed E-state index contributed by atoms with van der Waals surface area (Å²) in [6.07, 6.45) is 7.79. The zero-order valence-electron chi connectivity index (χ0n) is 10.9. The van der Waals surface area contributed by atoms with Gasteiger partial charge in [-0.1, -0.05) is 36.0 Å². The summed E-state index contributed by atoms with van der Waals surface area (Å²) in [5.74, 6) is 1.98. The zero-order valence-corrected chi connectivity index (χ0v) is 12.4. The largest absolute Gasteiger partial charge is 0.382 e. The Bertz CT molecular complexity index is 476. The number of halogens is 2. The Hall–Kier alpha value is -0.670. The Morgan fingerprint density at radius 2 is 1.84 bits per heavy atom. The van der Waals surface area contributed by atoms with Gasteiger partial charge in [0.2, 0.25) is 0 Å². The van der Waals surface area contributed by atoms with Crippen molar-refractivity contribution in [1.29, 1.82) is 0 Å². The third-order valence-electron chi connectivity index (χ3n) is 4.45. The highest BCUT2D eigenvalue weighted by atomic mass is 35.5. The van der Waals surface area contributed by atoms with Crippen LogP contribution in [0.2, 0.25) is 10.0 Å². The Balaban J connectivity index is 1.93. The average Bonchev–Trinajstić information content (AvgIpc) is 2.42. The number of aromatic nitrogens is 1. The molecule has 1 aliphatic carbocycles. The highest BCUT2D eigenvalue weighted by Crippen LogP contribution is 2.40. The van der Waals surface area contributed by atoms with Gasteiger partial charge >= 0.3 is 0 Å². The molecule has 5 heteroatoms. The number of hydrogen-bond acceptors (Lipinski definition) is 3. The average molecular weight is 300 g/mol. The van der Waals surface area contributed by atoms with Crippen LogP contribution in [0.1, 0.15) is 38.5 Å². The number of piperidine rings is 1. The van der Waals surface area contributed by atoms with E-state index < -0.39 is 0 Å². The molecule has 1 aliphatic heterocycles. The van der Waals surface area contributed by atoms with E-state index in [0.717, 1.165) is 18.3 Å². The van der Waals surface area contributed by atoms with Crippen LogP contribution in [0.5, 0.6) is 0 Å². The minimum atomic E-state index is 0.374. The summed E-state index contributed by atoms with van der Waals surface area (Å²) in [5, 5.41) is 1.05. The van der Waals surface area contributed by atoms with E-state index in [1.807, 2.05) is 0 Å². The van der Waals surface area contributed by atoms with Gasteiger partial charge < -0.3 is 10.6 Å². The SMILES string of the molecule is Nc1nc(N2CCCC3CCCCC32)c(Cl)cc1Cl. The van der Waals surface area contributed by atoms with Gasteiger partial charge in [0.15, 0.2) is 0 Å². The normalized spacial score (nSPS) is 27.2. The van der Waals surface area contributed by atoms with Crippen molar-refractivity contribution in [3.8, 4) is 0 Å². The van der Waals surface area contributed by atoms with Crippen molar-refractivity contribution in [2.45, 2.75) is 44.6 Å². The third kappa shape index (κ3) is 2.50. The predicted molar refractivity (Wildman–Crippen MR) is 81.0 cm³/mol. The molecule has 0 amide bonds. The van der Waals surface area contributed by atoms with Gasteiger partial charge in [-0.25, -0.2) is 4.98 Å². The summed E-state index contributed by atoms with van der Waals surface area (Å²) in [6, 6.07) is 2.29. The van der Waals surface area contributed by atoms with Gasteiger partial charge in [0.25, 0.3) is 0 Å². The van der Waals surface area contributed by atoms with Crippen LogP contribution in [0.3, 0.4) is 0 Å². The maximum Gasteiger partial charge on any atom is 0.150 e. The van der Waals surface area contributed by atoms with Gasteiger partial charge in [-0.3, -0.25) is 0 Å². The van der Waals surface area contributed by atoms with Crippen LogP contribution in [0.15, 0.2) is 6.07 Å². The second-order valence-corrected chi connectivity index (χ2v) is 6.42. The molecule has 1 saturated carbocycles. The van der Waals surface area contributed by atoms with Gasteiger partial charge in [0.1, 0.15) is 11.6 Å². The number of nitrogens with two attached hydrogens (primary N) is 1. The van der Waals surface area contributed by atoms with E-state index in [-0.39, 0.29) is 0 Å². The molecule has 0 spiro atoms. The lowest BCUT2D eigenvalue weighted by Crippen LogP contribution is -2.47. The quantitative estimate of drug-likeness (QED) is 0.848. The highest BCUT2D eigenvalue weighted by molar-refractivity contribution is 6.37. The molecule has 2 unspecified atom stereocenters. The van der Waals surface area contributed by atoms with Crippen LogP contribution >= 0.6 is 23.2 Å². The fraction of sp³-hybridized carbons (Fsp3) is 0.643. The van der Waals surface area contributed by atoms with E-state index in [0.29, 0.717) is 21.9 Å². The van der Waals surface area contributed by atoms with Gasteiger partial charge in [-0.2, -0.15) is 0 Å². The summed E-state index contributed by atoms with van der Waals surface area (Å²) in [6.45, 7) is 1.02. The van der Waals surface area contributed by atoms with Crippen LogP contribution in [0.4, 0.5) is 11.6 Å². The van der Waals surface area contributed by atoms with Crippen molar-refractivity contribution in [3.63, 3.8) is 0 Å². The molecule has 1 aromatic heterocycles. The number of pyridine rings is 1. The van der Waals surface area contributed by atoms with E-state index in [4.69, 9.17) is 28.9 Å². The molecule has 104 valence electrons. The molecule has 3 rings (SSSR count). The summed E-state index contributed by atoms with van der Waals surface area (Å²) in [7, 11) is 0. The molecule has 19 heavy (non-hydrogen) atoms. The fourth-order valence-electron chi connectivity index (χ4n) is 3.56. The molecule has 0 bridgehead atoms. The molecule has 2 aliphatic rings. The smallest absolute Gasteiger partial charge is 0.150 e. The first-order valence-electron chi connectivity index (χ1n) is 7.05. The van der Waals surface area contributed by atoms with E-state index >= 15 is 0 Å². The second-order valence-electron chi connectivity index (χ2n) is 5.61. The van der Waals surface area contributed by atoms with E-state index in [1.54, 1.807) is 6.07 Å². The number of rotatable bonds is 1. The van der Waals surface area contributed by atoms with Crippen molar-refractivity contribution in [1.82, 2.24) is 4.98 Å². The van der Waals surface area contributed by atoms with Crippen molar-refractivity contribution in [2.24, 2.45) is 5.92 Å². The summed E-state index contributed by atoms with van der Waals surface area (Å²) >= 11 is 12.3. The lowest BCUT2D eigenvalue weighted by atomic mass is 9.78. The molecule has 1 saturated heterocycles. The monoisotopic (exact) mass is 299 g/mol.